The van der Waals surface area contributed by atoms with Crippen LogP contribution in [0.4, 0.5) is 18.9 Å². The molecule has 198 valence electrons. The molecule has 1 aliphatic heterocycles. The number of nitrogens with one attached hydrogen (secondary N) is 2. The first kappa shape index (κ1) is 25.5. The predicted octanol–water partition coefficient (Wildman–Crippen LogP) is 2.07. The third kappa shape index (κ3) is 4.10. The topological polar surface area (TPSA) is 163 Å². The summed E-state index contributed by atoms with van der Waals surface area (Å²) in [6.07, 6.45) is -3.86. The van der Waals surface area contributed by atoms with Gasteiger partial charge in [-0.25, -0.2) is 19.2 Å². The molecule has 2 atom stereocenters. The summed E-state index contributed by atoms with van der Waals surface area (Å²) in [4.78, 5) is 44.8. The maximum Gasteiger partial charge on any atom is 0.433 e. The Hall–Kier alpha value is -4.18. The number of carbonyl (C=O) groups is 2. The maximum atomic E-state index is 13.4. The fourth-order valence-electron chi connectivity index (χ4n) is 4.46. The lowest BCUT2D eigenvalue weighted by Crippen LogP contribution is -2.45. The second-order valence-electron chi connectivity index (χ2n) is 8.59. The molecule has 2 N–H and O–H groups in total. The number of fused-ring (bicyclic) bond motifs is 2. The van der Waals surface area contributed by atoms with Crippen molar-refractivity contribution in [2.24, 2.45) is 0 Å². The Morgan fingerprint density at radius 1 is 1.18 bits per heavy atom. The number of imide groups is 1. The lowest BCUT2D eigenvalue weighted by Gasteiger charge is -2.24. The van der Waals surface area contributed by atoms with Crippen LogP contribution in [0.3, 0.4) is 0 Å². The highest BCUT2D eigenvalue weighted by Gasteiger charge is 2.38. The number of carbonyl (C=O) groups excluding carboxylic acids is 2. The number of alkyl halides is 3. The van der Waals surface area contributed by atoms with Gasteiger partial charge in [0, 0.05) is 12.6 Å². The molecule has 1 saturated heterocycles. The van der Waals surface area contributed by atoms with Crippen LogP contribution in [0.5, 0.6) is 0 Å². The van der Waals surface area contributed by atoms with Crippen LogP contribution in [0.2, 0.25) is 0 Å². The zero-order valence-corrected chi connectivity index (χ0v) is 20.5. The first-order valence-electron chi connectivity index (χ1n) is 11.1. The predicted molar refractivity (Wildman–Crippen MR) is 126 cm³/mol. The highest BCUT2D eigenvalue weighted by molar-refractivity contribution is 7.99. The van der Waals surface area contributed by atoms with Gasteiger partial charge in [-0.2, -0.15) is 18.3 Å². The van der Waals surface area contributed by atoms with Crippen molar-refractivity contribution in [3.8, 4) is 0 Å². The molecule has 2 unspecified atom stereocenters. The minimum Gasteiger partial charge on any atom is -0.588 e. The molecule has 1 fully saturated rings. The number of aryl methyl sites for hydroxylation is 2. The van der Waals surface area contributed by atoms with Gasteiger partial charge in [0.1, 0.15) is 34.5 Å². The molecule has 0 radical (unpaired) electrons. The van der Waals surface area contributed by atoms with Gasteiger partial charge in [0.05, 0.1) is 5.39 Å². The van der Waals surface area contributed by atoms with E-state index >= 15 is 0 Å². The lowest BCUT2D eigenvalue weighted by atomic mass is 10.1. The Balaban J connectivity index is 1.61. The van der Waals surface area contributed by atoms with Crippen LogP contribution >= 0.6 is 0 Å². The monoisotopic (exact) mass is 549 g/mol. The van der Waals surface area contributed by atoms with E-state index in [0.29, 0.717) is 10.6 Å². The van der Waals surface area contributed by atoms with E-state index in [1.165, 1.54) is 32.0 Å². The van der Waals surface area contributed by atoms with Crippen molar-refractivity contribution in [3.63, 3.8) is 0 Å². The maximum absolute atomic E-state index is 13.4. The average Bonchev–Trinajstić information content (AvgIpc) is 3.16. The smallest absolute Gasteiger partial charge is 0.433 e. The van der Waals surface area contributed by atoms with Crippen LogP contribution in [-0.4, -0.2) is 40.5 Å². The van der Waals surface area contributed by atoms with Gasteiger partial charge in [-0.1, -0.05) is 10.3 Å². The van der Waals surface area contributed by atoms with E-state index in [2.05, 4.69) is 25.1 Å². The molecule has 0 spiro atoms. The first-order chi connectivity index (χ1) is 17.8. The van der Waals surface area contributed by atoms with Crippen molar-refractivity contribution < 1.29 is 31.5 Å². The van der Waals surface area contributed by atoms with Gasteiger partial charge in [-0.15, -0.1) is 0 Å². The molecule has 0 bridgehead atoms. The van der Waals surface area contributed by atoms with E-state index in [1.807, 2.05) is 0 Å². The number of benzene rings is 1. The van der Waals surface area contributed by atoms with Crippen LogP contribution in [0.15, 0.2) is 40.2 Å². The fourth-order valence-corrected chi connectivity index (χ4v) is 5.83. The number of amides is 2. The standard InChI is InChI=1S/C22H18F3N7O5S/c1-10-18(19-26-9-8-15(22(23,24)25)32(19)29-10)38(36,37)30-13-5-3-4-12-17(13)27-11(2)31(21(12)35)14-6-7-16(33)28-20(14)34/h3-5,8-9,14H,6-7H2,1-2H3,(H2-,28,30,33,34,36,37). The summed E-state index contributed by atoms with van der Waals surface area (Å²) in [5, 5.41) is 5.90. The largest absolute Gasteiger partial charge is 0.588 e. The van der Waals surface area contributed by atoms with Crippen LogP contribution in [0.1, 0.15) is 36.1 Å². The number of hydrogen-bond donors (Lipinski definition) is 2. The van der Waals surface area contributed by atoms with E-state index in [0.717, 1.165) is 10.8 Å². The summed E-state index contributed by atoms with van der Waals surface area (Å²) in [7, 11) is -4.57. The molecule has 16 heteroatoms. The fraction of sp³-hybridized carbons (Fsp3) is 0.273. The molecule has 38 heavy (non-hydrogen) atoms. The SMILES string of the molecule is Cc1nn2c(C(F)(F)F)ccnc2c1[S+](=O)([O-])Nc1cccc2c(=O)n(C3CCC(=O)NC3=O)c(C)nc12. The molecule has 0 saturated carbocycles. The summed E-state index contributed by atoms with van der Waals surface area (Å²) in [6, 6.07) is 3.80. The summed E-state index contributed by atoms with van der Waals surface area (Å²) in [5.41, 5.74) is -2.76. The summed E-state index contributed by atoms with van der Waals surface area (Å²) >= 11 is 0. The van der Waals surface area contributed by atoms with Crippen LogP contribution in [0.25, 0.3) is 16.6 Å². The molecule has 1 aliphatic rings. The Morgan fingerprint density at radius 2 is 1.92 bits per heavy atom. The number of rotatable bonds is 4. The van der Waals surface area contributed by atoms with Gasteiger partial charge in [0.25, 0.3) is 5.56 Å². The number of hydrogen-bond acceptors (Lipinski definition) is 8. The number of sulfonamides is 1. The third-order valence-corrected chi connectivity index (χ3v) is 7.58. The highest BCUT2D eigenvalue weighted by atomic mass is 32.3. The quantitative estimate of drug-likeness (QED) is 0.289. The Kier molecular flexibility index (Phi) is 5.83. The second-order valence-corrected chi connectivity index (χ2v) is 10.2. The second kappa shape index (κ2) is 8.70. The Morgan fingerprint density at radius 3 is 2.61 bits per heavy atom. The minimum atomic E-state index is -4.81. The summed E-state index contributed by atoms with van der Waals surface area (Å²) in [5.74, 6) is -1.02. The zero-order chi connectivity index (χ0) is 27.6. The van der Waals surface area contributed by atoms with Crippen LogP contribution in [-0.2, 0) is 30.4 Å². The molecule has 4 aromatic rings. The molecule has 0 aliphatic carbocycles. The number of anilines is 1. The van der Waals surface area contributed by atoms with Crippen molar-refractivity contribution in [2.45, 2.75) is 43.8 Å². The first-order valence-corrected chi connectivity index (χ1v) is 12.6. The molecule has 4 heterocycles. The minimum absolute atomic E-state index is 0.0189. The molecular formula is C22H18F3N7O5S. The van der Waals surface area contributed by atoms with E-state index in [-0.39, 0.29) is 41.0 Å². The number of halogens is 3. The zero-order valence-electron chi connectivity index (χ0n) is 19.7. The molecule has 3 aromatic heterocycles. The van der Waals surface area contributed by atoms with Crippen molar-refractivity contribution in [1.82, 2.24) is 29.5 Å². The Labute approximate surface area is 212 Å². The summed E-state index contributed by atoms with van der Waals surface area (Å²) in [6.45, 7) is 2.68. The van der Waals surface area contributed by atoms with Crippen molar-refractivity contribution in [2.75, 3.05) is 4.72 Å². The molecule has 12 nitrogen and oxygen atoms in total. The van der Waals surface area contributed by atoms with Gasteiger partial charge < -0.3 is 4.55 Å². The van der Waals surface area contributed by atoms with Crippen molar-refractivity contribution in [1.29, 1.82) is 0 Å². The molecule has 5 rings (SSSR count). The number of para-hydroxylation sites is 1. The van der Waals surface area contributed by atoms with Crippen LogP contribution < -0.4 is 15.6 Å². The normalized spacial score (nSPS) is 18.0. The van der Waals surface area contributed by atoms with Gasteiger partial charge in [0.15, 0.2) is 10.4 Å². The molecule has 2 amide bonds. The summed E-state index contributed by atoms with van der Waals surface area (Å²) < 4.78 is 70.9. The number of aromatic nitrogens is 5. The van der Waals surface area contributed by atoms with Crippen molar-refractivity contribution >= 4 is 44.5 Å². The van der Waals surface area contributed by atoms with Crippen molar-refractivity contribution in [3.05, 3.63) is 58.0 Å². The van der Waals surface area contributed by atoms with Crippen LogP contribution in [0, 0.1) is 13.8 Å². The Bertz CT molecular complexity index is 1760. The van der Waals surface area contributed by atoms with Gasteiger partial charge in [-0.05, 0) is 38.5 Å². The number of piperidine rings is 1. The molecular weight excluding hydrogens is 531 g/mol. The van der Waals surface area contributed by atoms with Gasteiger partial charge >= 0.3 is 6.18 Å². The highest BCUT2D eigenvalue weighted by Crippen LogP contribution is 2.33. The number of nitrogens with zero attached hydrogens (tertiary/aromatic N) is 5. The van der Waals surface area contributed by atoms with E-state index in [1.54, 1.807) is 0 Å². The van der Waals surface area contributed by atoms with E-state index in [4.69, 9.17) is 0 Å². The molecule has 1 aromatic carbocycles. The van der Waals surface area contributed by atoms with E-state index < -0.39 is 56.2 Å². The van der Waals surface area contributed by atoms with E-state index in [9.17, 15) is 36.3 Å². The lowest BCUT2D eigenvalue weighted by molar-refractivity contribution is -0.142. The average molecular weight is 549 g/mol. The third-order valence-electron chi connectivity index (χ3n) is 6.07. The van der Waals surface area contributed by atoms with Gasteiger partial charge in [0.2, 0.25) is 22.4 Å². The van der Waals surface area contributed by atoms with Gasteiger partial charge in [-0.3, -0.25) is 24.3 Å².